The molecule has 0 aliphatic carbocycles. The van der Waals surface area contributed by atoms with Crippen LogP contribution in [0.4, 0.5) is 0 Å². The monoisotopic (exact) mass is 249 g/mol. The molecule has 0 saturated heterocycles. The van der Waals surface area contributed by atoms with Crippen molar-refractivity contribution in [3.05, 3.63) is 0 Å². The first-order chi connectivity index (χ1) is 0. The minimum atomic E-state index is 0. The third-order valence-electron chi connectivity index (χ3n) is 0. The minimum Gasteiger partial charge on any atom is 0 e. The standard InChI is InChI=1S/Cu.Ni.2Zn. The average Bonchev–Trinajstić information content (AvgIpc) is 0. The summed E-state index contributed by atoms with van der Waals surface area (Å²) < 4.78 is 0. The molecule has 25 valence electrons. The first kappa shape index (κ1) is 33.9. The van der Waals surface area contributed by atoms with E-state index in [9.17, 15) is 0 Å². The van der Waals surface area contributed by atoms with E-state index in [4.69, 9.17) is 0 Å². The van der Waals surface area contributed by atoms with E-state index >= 15 is 0 Å². The van der Waals surface area contributed by atoms with E-state index in [1.807, 2.05) is 0 Å². The molecule has 0 saturated carbocycles. The van der Waals surface area contributed by atoms with Gasteiger partial charge in [0, 0.05) is 72.5 Å². The predicted molar refractivity (Wildman–Crippen MR) is 0 cm³/mol. The number of rotatable bonds is 0. The smallest absolute Gasteiger partial charge is 0 e. The average molecular weight is 253 g/mol. The molecule has 0 rings (SSSR count). The van der Waals surface area contributed by atoms with Gasteiger partial charge in [-0.1, -0.05) is 0 Å². The molecular weight excluding hydrogens is 253 g/mol. The van der Waals surface area contributed by atoms with Crippen molar-refractivity contribution in [3.63, 3.8) is 0 Å². The van der Waals surface area contributed by atoms with Gasteiger partial charge in [-0.25, -0.2) is 0 Å². The second-order valence-corrected chi connectivity index (χ2v) is 0. The van der Waals surface area contributed by atoms with E-state index in [1.165, 1.54) is 0 Å². The fraction of sp³-hybridized carbons (Fsp3) is 0. The van der Waals surface area contributed by atoms with Crippen LogP contribution in [0.15, 0.2) is 0 Å². The zero-order chi connectivity index (χ0) is 0. The van der Waals surface area contributed by atoms with E-state index in [1.54, 1.807) is 0 Å². The van der Waals surface area contributed by atoms with E-state index in [2.05, 4.69) is 0 Å². The molecule has 0 heterocycles. The van der Waals surface area contributed by atoms with Gasteiger partial charge in [0.2, 0.25) is 0 Å². The minimum absolute atomic E-state index is 0. The van der Waals surface area contributed by atoms with Gasteiger partial charge in [0.05, 0.1) is 0 Å². The van der Waals surface area contributed by atoms with E-state index < -0.39 is 0 Å². The summed E-state index contributed by atoms with van der Waals surface area (Å²) in [6.07, 6.45) is 0. The van der Waals surface area contributed by atoms with Crippen molar-refractivity contribution in [2.75, 3.05) is 0 Å². The normalized spacial score (nSPS) is 0. The largest absolute Gasteiger partial charge is 0 e. The Kier molecular flexibility index (Phi) is 158. The molecule has 0 nitrogen and oxygen atoms in total. The van der Waals surface area contributed by atoms with Crippen LogP contribution >= 0.6 is 0 Å². The zero-order valence-corrected chi connectivity index (χ0v) is 9.90. The molecule has 1 radical (unpaired) electrons. The van der Waals surface area contributed by atoms with Crippen LogP contribution in [0.3, 0.4) is 0 Å². The van der Waals surface area contributed by atoms with Gasteiger partial charge in [-0.3, -0.25) is 0 Å². The Bertz CT molecular complexity index is 6.00. The van der Waals surface area contributed by atoms with Crippen LogP contribution in [0.1, 0.15) is 0 Å². The van der Waals surface area contributed by atoms with Gasteiger partial charge >= 0.3 is 0 Å². The Balaban J connectivity index is 0. The number of hydrogen-bond acceptors (Lipinski definition) is 0. The van der Waals surface area contributed by atoms with Crippen molar-refractivity contribution in [2.45, 2.75) is 0 Å². The second-order valence-electron chi connectivity index (χ2n) is 0. The van der Waals surface area contributed by atoms with Gasteiger partial charge in [0.15, 0.2) is 0 Å². The molecular formula is CuNiZn2. The first-order valence-corrected chi connectivity index (χ1v) is 0. The molecule has 0 unspecified atom stereocenters. The maximum atomic E-state index is 0. The van der Waals surface area contributed by atoms with Crippen molar-refractivity contribution in [1.82, 2.24) is 0 Å². The summed E-state index contributed by atoms with van der Waals surface area (Å²) in [5, 5.41) is 0. The molecule has 4 heavy (non-hydrogen) atoms. The molecule has 0 bridgehead atoms. The van der Waals surface area contributed by atoms with Crippen LogP contribution in [0.25, 0.3) is 0 Å². The molecule has 0 aromatic carbocycles. The Hall–Kier alpha value is 2.26. The fourth-order valence-corrected chi connectivity index (χ4v) is 0. The Labute approximate surface area is 71.8 Å². The maximum absolute atomic E-state index is 0. The predicted octanol–water partition coefficient (Wildman–Crippen LogP) is -0.0100. The summed E-state index contributed by atoms with van der Waals surface area (Å²) in [6.45, 7) is 0. The van der Waals surface area contributed by atoms with Crippen molar-refractivity contribution in [3.8, 4) is 0 Å². The fourth-order valence-electron chi connectivity index (χ4n) is 0. The summed E-state index contributed by atoms with van der Waals surface area (Å²) in [5.41, 5.74) is 0. The van der Waals surface area contributed by atoms with Gasteiger partial charge < -0.3 is 0 Å². The molecule has 0 aliphatic rings. The maximum Gasteiger partial charge on any atom is 0 e. The molecule has 0 fully saturated rings. The third kappa shape index (κ3) is 8.86. The first-order valence-electron chi connectivity index (χ1n) is 0. The summed E-state index contributed by atoms with van der Waals surface area (Å²) >= 11 is 0. The molecule has 0 amide bonds. The summed E-state index contributed by atoms with van der Waals surface area (Å²) in [5.74, 6) is 0. The van der Waals surface area contributed by atoms with Crippen LogP contribution in [0.2, 0.25) is 0 Å². The van der Waals surface area contributed by atoms with Crippen LogP contribution in [-0.2, 0) is 72.5 Å². The Morgan fingerprint density at radius 2 is 0.750 bits per heavy atom. The molecule has 0 aromatic rings. The molecule has 0 atom stereocenters. The van der Waals surface area contributed by atoms with Crippen molar-refractivity contribution >= 4 is 0 Å². The molecule has 0 aromatic heterocycles. The second kappa shape index (κ2) is 18.7. The van der Waals surface area contributed by atoms with E-state index in [-0.39, 0.29) is 72.5 Å². The summed E-state index contributed by atoms with van der Waals surface area (Å²) in [6, 6.07) is 0. The van der Waals surface area contributed by atoms with Crippen LogP contribution in [-0.4, -0.2) is 0 Å². The van der Waals surface area contributed by atoms with Crippen molar-refractivity contribution in [2.24, 2.45) is 0 Å². The zero-order valence-electron chi connectivity index (χ0n) is 2.03. The van der Waals surface area contributed by atoms with Gasteiger partial charge in [-0.15, -0.1) is 0 Å². The van der Waals surface area contributed by atoms with Crippen molar-refractivity contribution < 1.29 is 72.5 Å². The quantitative estimate of drug-likeness (QED) is 0.533. The van der Waals surface area contributed by atoms with E-state index in [0.29, 0.717) is 0 Å². The Morgan fingerprint density at radius 3 is 0.750 bits per heavy atom. The van der Waals surface area contributed by atoms with Gasteiger partial charge in [-0.05, 0) is 0 Å². The Morgan fingerprint density at radius 1 is 0.750 bits per heavy atom. The van der Waals surface area contributed by atoms with Gasteiger partial charge in [0.25, 0.3) is 0 Å². The molecule has 0 N–H and O–H groups in total. The number of hydrogen-bond donors (Lipinski definition) is 0. The molecule has 0 spiro atoms. The van der Waals surface area contributed by atoms with E-state index in [0.717, 1.165) is 0 Å². The molecule has 0 aliphatic heterocycles. The van der Waals surface area contributed by atoms with Crippen LogP contribution in [0, 0.1) is 0 Å². The van der Waals surface area contributed by atoms with Crippen LogP contribution in [0.5, 0.6) is 0 Å². The summed E-state index contributed by atoms with van der Waals surface area (Å²) in [7, 11) is 0. The van der Waals surface area contributed by atoms with Crippen molar-refractivity contribution in [1.29, 1.82) is 0 Å². The van der Waals surface area contributed by atoms with Gasteiger partial charge in [0.1, 0.15) is 0 Å². The summed E-state index contributed by atoms with van der Waals surface area (Å²) in [4.78, 5) is 0. The SMILES string of the molecule is [Cu].[Ni].[Zn].[Zn]. The van der Waals surface area contributed by atoms with Crippen LogP contribution < -0.4 is 0 Å². The topological polar surface area (TPSA) is 0 Å². The third-order valence-corrected chi connectivity index (χ3v) is 0. The van der Waals surface area contributed by atoms with Gasteiger partial charge in [-0.2, -0.15) is 0 Å². The molecule has 4 heteroatoms.